The molecule has 1 spiro atoms. The van der Waals surface area contributed by atoms with Crippen molar-refractivity contribution in [2.75, 3.05) is 23.3 Å². The van der Waals surface area contributed by atoms with Crippen LogP contribution in [-0.4, -0.2) is 57.6 Å². The van der Waals surface area contributed by atoms with Crippen molar-refractivity contribution in [2.45, 2.75) is 65.1 Å². The van der Waals surface area contributed by atoms with E-state index in [4.69, 9.17) is 46.4 Å². The number of aliphatic carboxylic acids is 1. The lowest BCUT2D eigenvalue weighted by atomic mass is 9.68. The van der Waals surface area contributed by atoms with Gasteiger partial charge in [-0.05, 0) is 54.5 Å². The van der Waals surface area contributed by atoms with Gasteiger partial charge < -0.3 is 20.4 Å². The molecule has 2 aromatic rings. The van der Waals surface area contributed by atoms with Gasteiger partial charge in [0.15, 0.2) is 0 Å². The van der Waals surface area contributed by atoms with Crippen molar-refractivity contribution >= 4 is 75.6 Å². The van der Waals surface area contributed by atoms with Gasteiger partial charge in [-0.25, -0.2) is 0 Å². The van der Waals surface area contributed by atoms with Crippen molar-refractivity contribution in [2.24, 2.45) is 22.7 Å². The maximum Gasteiger partial charge on any atom is 0.310 e. The Kier molecular flexibility index (Phi) is 7.89. The maximum absolute atomic E-state index is 15.0. The van der Waals surface area contributed by atoms with Gasteiger partial charge >= 0.3 is 5.97 Å². The molecule has 12 heteroatoms. The minimum absolute atomic E-state index is 0.0430. The van der Waals surface area contributed by atoms with E-state index < -0.39 is 52.2 Å². The van der Waals surface area contributed by atoms with Crippen molar-refractivity contribution in [3.05, 3.63) is 56.0 Å². The third kappa shape index (κ3) is 5.12. The molecule has 5 rings (SSSR count). The molecule has 0 aliphatic carbocycles. The minimum Gasteiger partial charge on any atom is -0.481 e. The van der Waals surface area contributed by atoms with Crippen LogP contribution < -0.4 is 10.2 Å². The Morgan fingerprint density at radius 2 is 1.60 bits per heavy atom. The van der Waals surface area contributed by atoms with Crippen LogP contribution in [0.4, 0.5) is 11.4 Å². The van der Waals surface area contributed by atoms with Crippen LogP contribution in [0.2, 0.25) is 20.1 Å². The third-order valence-electron chi connectivity index (χ3n) is 9.85. The van der Waals surface area contributed by atoms with Crippen LogP contribution in [-0.2, 0) is 19.9 Å². The van der Waals surface area contributed by atoms with E-state index in [1.165, 1.54) is 17.0 Å². The Balaban J connectivity index is 1.75. The summed E-state index contributed by atoms with van der Waals surface area (Å²) in [7, 11) is 0. The number of hydrogen-bond donors (Lipinski definition) is 3. The number of rotatable bonds is 5. The van der Waals surface area contributed by atoms with Gasteiger partial charge in [0, 0.05) is 45.5 Å². The Labute approximate surface area is 271 Å². The van der Waals surface area contributed by atoms with Crippen LogP contribution in [0.15, 0.2) is 30.3 Å². The molecule has 0 aromatic heterocycles. The number of anilines is 2. The molecule has 3 aliphatic heterocycles. The smallest absolute Gasteiger partial charge is 0.310 e. The first-order valence-electron chi connectivity index (χ1n) is 14.0. The number of carbonyl (C=O) groups is 3. The molecule has 5 atom stereocenters. The zero-order chi connectivity index (χ0) is 32.0. The molecule has 3 heterocycles. The quantitative estimate of drug-likeness (QED) is 0.326. The molecular weight excluding hydrogens is 636 g/mol. The molecule has 43 heavy (non-hydrogen) atoms. The summed E-state index contributed by atoms with van der Waals surface area (Å²) in [5.74, 6) is -5.25. The second-order valence-electron chi connectivity index (χ2n) is 14.0. The fourth-order valence-corrected chi connectivity index (χ4v) is 7.90. The van der Waals surface area contributed by atoms with Gasteiger partial charge in [0.1, 0.15) is 11.5 Å². The van der Waals surface area contributed by atoms with E-state index in [2.05, 4.69) is 26.1 Å². The topological polar surface area (TPSA) is 110 Å². The summed E-state index contributed by atoms with van der Waals surface area (Å²) in [6, 6.07) is 6.97. The zero-order valence-corrected chi connectivity index (χ0v) is 27.8. The first-order chi connectivity index (χ1) is 19.7. The van der Waals surface area contributed by atoms with E-state index in [1.54, 1.807) is 30.0 Å². The van der Waals surface area contributed by atoms with Gasteiger partial charge in [0.2, 0.25) is 5.91 Å². The number of hydrogen-bond acceptors (Lipinski definition) is 5. The number of fused-ring (bicyclic) bond motifs is 4. The number of nitrogens with one attached hydrogen (secondary N) is 1. The van der Waals surface area contributed by atoms with Gasteiger partial charge in [-0.15, -0.1) is 0 Å². The molecule has 2 amide bonds. The number of carboxylic acids is 1. The van der Waals surface area contributed by atoms with E-state index in [1.807, 2.05) is 13.8 Å². The first kappa shape index (κ1) is 32.3. The van der Waals surface area contributed by atoms with Crippen LogP contribution in [0, 0.1) is 22.7 Å². The number of carbonyl (C=O) groups excluding carboxylic acids is 2. The van der Waals surface area contributed by atoms with Crippen molar-refractivity contribution < 1.29 is 24.6 Å². The summed E-state index contributed by atoms with van der Waals surface area (Å²) in [4.78, 5) is 45.7. The number of amides is 2. The van der Waals surface area contributed by atoms with Gasteiger partial charge in [-0.2, -0.15) is 0 Å². The number of aliphatic hydroxyl groups is 1. The predicted molar refractivity (Wildman–Crippen MR) is 169 cm³/mol. The average Bonchev–Trinajstić information content (AvgIpc) is 3.41. The number of halogens is 4. The summed E-state index contributed by atoms with van der Waals surface area (Å²) in [6.45, 7) is 12.0. The molecule has 8 nitrogen and oxygen atoms in total. The fraction of sp³-hybridized carbons (Fsp3) is 0.516. The van der Waals surface area contributed by atoms with Crippen molar-refractivity contribution in [3.63, 3.8) is 0 Å². The molecular formula is C31H35Cl4N3O5. The fourth-order valence-electron chi connectivity index (χ4n) is 6.85. The first-order valence-corrected chi connectivity index (χ1v) is 15.5. The lowest BCUT2D eigenvalue weighted by Crippen LogP contribution is -2.55. The van der Waals surface area contributed by atoms with Crippen LogP contribution in [0.5, 0.6) is 0 Å². The molecule has 2 saturated heterocycles. The highest BCUT2D eigenvalue weighted by molar-refractivity contribution is 6.38. The van der Waals surface area contributed by atoms with E-state index in [9.17, 15) is 19.8 Å². The van der Waals surface area contributed by atoms with Crippen molar-refractivity contribution in [3.8, 4) is 0 Å². The highest BCUT2D eigenvalue weighted by Gasteiger charge is 2.73. The summed E-state index contributed by atoms with van der Waals surface area (Å²) in [5, 5.41) is 25.9. The molecule has 3 aliphatic rings. The van der Waals surface area contributed by atoms with Gasteiger partial charge in [0.05, 0.1) is 22.2 Å². The lowest BCUT2D eigenvalue weighted by Gasteiger charge is -2.43. The highest BCUT2D eigenvalue weighted by atomic mass is 35.5. The van der Waals surface area contributed by atoms with Crippen LogP contribution in [0.3, 0.4) is 0 Å². The van der Waals surface area contributed by atoms with E-state index in [0.717, 1.165) is 0 Å². The predicted octanol–water partition coefficient (Wildman–Crippen LogP) is 6.71. The summed E-state index contributed by atoms with van der Waals surface area (Å²) in [6.07, 6.45) is 0.0681. The lowest BCUT2D eigenvalue weighted by molar-refractivity contribution is -0.153. The Hall–Kier alpha value is -2.07. The monoisotopic (exact) mass is 669 g/mol. The Bertz CT molecular complexity index is 1520. The second kappa shape index (κ2) is 10.5. The Morgan fingerprint density at radius 3 is 2.16 bits per heavy atom. The van der Waals surface area contributed by atoms with E-state index >= 15 is 4.79 Å². The standard InChI is InChI=1S/C31H35Cl4N3O5/c1-28(2,3)29(4,5)13-37(18-8-15(32)7-16(33)9-18)25(39)22-21-12-30(6,43)14-38(21)31(23(22)26(40)41)19-10-17(34)11-20(35)24(19)36-27(31)42/h7-11,21-23,43H,12-14H2,1-6H3,(H,36,42)(H,40,41)/t21-,22?,23-,30+,31+/m1/s1. The number of benzene rings is 2. The number of nitrogens with zero attached hydrogens (tertiary/aromatic N) is 2. The van der Waals surface area contributed by atoms with E-state index in [0.29, 0.717) is 15.7 Å². The summed E-state index contributed by atoms with van der Waals surface area (Å²) < 4.78 is 0. The molecule has 1 unspecified atom stereocenters. The zero-order valence-electron chi connectivity index (χ0n) is 24.8. The van der Waals surface area contributed by atoms with Crippen molar-refractivity contribution in [1.82, 2.24) is 4.90 Å². The molecule has 2 fully saturated rings. The van der Waals surface area contributed by atoms with Crippen LogP contribution >= 0.6 is 46.4 Å². The molecule has 3 N–H and O–H groups in total. The molecule has 0 bridgehead atoms. The van der Waals surface area contributed by atoms with Crippen LogP contribution in [0.1, 0.15) is 53.5 Å². The Morgan fingerprint density at radius 1 is 1.02 bits per heavy atom. The number of carboxylic acid groups (broad SMARTS) is 1. The summed E-state index contributed by atoms with van der Waals surface area (Å²) >= 11 is 25.7. The van der Waals surface area contributed by atoms with Gasteiger partial charge in [-0.3, -0.25) is 19.3 Å². The van der Waals surface area contributed by atoms with Gasteiger partial charge in [-0.1, -0.05) is 81.0 Å². The normalized spacial score (nSPS) is 28.6. The third-order valence-corrected chi connectivity index (χ3v) is 10.8. The molecule has 0 radical (unpaired) electrons. The second-order valence-corrected chi connectivity index (χ2v) is 15.7. The summed E-state index contributed by atoms with van der Waals surface area (Å²) in [5.41, 5.74) is -2.97. The largest absolute Gasteiger partial charge is 0.481 e. The molecule has 0 saturated carbocycles. The average molecular weight is 671 g/mol. The molecule has 2 aromatic carbocycles. The van der Waals surface area contributed by atoms with Crippen LogP contribution in [0.25, 0.3) is 0 Å². The SMILES string of the molecule is CC(C)(C)C(C)(C)CN(C(=O)C1[C@H]2C[C@](C)(O)CN2[C@]2(C(=O)Nc3c(Cl)cc(Cl)cc32)[C@H]1C(=O)O)c1cc(Cl)cc(Cl)c1. The molecule has 232 valence electrons. The minimum atomic E-state index is -1.85. The van der Waals surface area contributed by atoms with E-state index in [-0.39, 0.29) is 46.2 Å². The van der Waals surface area contributed by atoms with Gasteiger partial charge in [0.25, 0.3) is 5.91 Å². The maximum atomic E-state index is 15.0. The highest BCUT2D eigenvalue weighted by Crippen LogP contribution is 2.60. The van der Waals surface area contributed by atoms with Crippen molar-refractivity contribution in [1.29, 1.82) is 0 Å².